The highest BCUT2D eigenvalue weighted by Gasteiger charge is 2.35. The standard InChI is InChI=1S/C25H17FN6O2/c26-15-8-9-20-18(13-15)23(19-7-3-4-11-27-19)28-14-22-30-29-21(32(20)22)10-12-31-24(33)16-5-1-2-6-17(16)25(31)34/h1-9,11,13H,10,12,14H2. The van der Waals surface area contributed by atoms with Crippen molar-refractivity contribution >= 4 is 17.5 Å². The zero-order valence-corrected chi connectivity index (χ0v) is 17.8. The van der Waals surface area contributed by atoms with Crippen LogP contribution in [0.4, 0.5) is 4.39 Å². The molecule has 0 N–H and O–H groups in total. The van der Waals surface area contributed by atoms with Crippen molar-refractivity contribution in [1.82, 2.24) is 24.6 Å². The lowest BCUT2D eigenvalue weighted by molar-refractivity contribution is 0.0655. The second-order valence-electron chi connectivity index (χ2n) is 7.97. The molecule has 0 atom stereocenters. The number of fused-ring (bicyclic) bond motifs is 4. The normalized spacial score (nSPS) is 14.4. The fourth-order valence-corrected chi connectivity index (χ4v) is 4.40. The average molecular weight is 452 g/mol. The maximum Gasteiger partial charge on any atom is 0.261 e. The SMILES string of the molecule is O=C1c2ccccc2C(=O)N1CCc1nnc2n1-c1ccc(F)cc1C(c1ccccn1)=NC2. The van der Waals surface area contributed by atoms with Crippen LogP contribution in [0.3, 0.4) is 0 Å². The number of aliphatic imine (C=N–C) groups is 1. The molecule has 2 aromatic carbocycles. The molecule has 2 aliphatic heterocycles. The summed E-state index contributed by atoms with van der Waals surface area (Å²) in [5.74, 6) is 0.0958. The van der Waals surface area contributed by atoms with Crippen molar-refractivity contribution in [2.45, 2.75) is 13.0 Å². The highest BCUT2D eigenvalue weighted by molar-refractivity contribution is 6.21. The third kappa shape index (κ3) is 3.13. The van der Waals surface area contributed by atoms with Gasteiger partial charge in [0.2, 0.25) is 0 Å². The minimum atomic E-state index is -0.397. The fraction of sp³-hybridized carbons (Fsp3) is 0.120. The van der Waals surface area contributed by atoms with Gasteiger partial charge in [0.25, 0.3) is 11.8 Å². The maximum absolute atomic E-state index is 14.3. The minimum absolute atomic E-state index is 0.148. The first-order chi connectivity index (χ1) is 16.6. The zero-order chi connectivity index (χ0) is 23.2. The van der Waals surface area contributed by atoms with Gasteiger partial charge in [0.05, 0.1) is 28.2 Å². The van der Waals surface area contributed by atoms with E-state index in [-0.39, 0.29) is 31.3 Å². The smallest absolute Gasteiger partial charge is 0.261 e. The van der Waals surface area contributed by atoms with Gasteiger partial charge >= 0.3 is 0 Å². The Morgan fingerprint density at radius 2 is 1.65 bits per heavy atom. The van der Waals surface area contributed by atoms with Gasteiger partial charge in [0.1, 0.15) is 18.2 Å². The average Bonchev–Trinajstić information content (AvgIpc) is 3.31. The van der Waals surface area contributed by atoms with E-state index in [1.807, 2.05) is 16.7 Å². The van der Waals surface area contributed by atoms with Gasteiger partial charge in [-0.05, 0) is 42.5 Å². The van der Waals surface area contributed by atoms with Crippen LogP contribution in [0, 0.1) is 5.82 Å². The molecule has 0 aliphatic carbocycles. The molecule has 2 aromatic heterocycles. The summed E-state index contributed by atoms with van der Waals surface area (Å²) in [6, 6.07) is 16.7. The van der Waals surface area contributed by atoms with Crippen LogP contribution in [-0.2, 0) is 13.0 Å². The van der Waals surface area contributed by atoms with E-state index in [0.29, 0.717) is 45.4 Å². The zero-order valence-electron chi connectivity index (χ0n) is 17.8. The van der Waals surface area contributed by atoms with Gasteiger partial charge in [-0.1, -0.05) is 18.2 Å². The molecule has 0 spiro atoms. The van der Waals surface area contributed by atoms with Gasteiger partial charge in [-0.2, -0.15) is 0 Å². The second-order valence-corrected chi connectivity index (χ2v) is 7.97. The summed E-state index contributed by atoms with van der Waals surface area (Å²) in [6.07, 6.45) is 1.95. The van der Waals surface area contributed by atoms with E-state index < -0.39 is 5.82 Å². The number of carbonyl (C=O) groups excluding carboxylic acids is 2. The van der Waals surface area contributed by atoms with Gasteiger partial charge in [-0.25, -0.2) is 4.39 Å². The van der Waals surface area contributed by atoms with Crippen LogP contribution in [0.2, 0.25) is 0 Å². The first kappa shape index (κ1) is 20.1. The lowest BCUT2D eigenvalue weighted by atomic mass is 10.0. The Morgan fingerprint density at radius 1 is 0.882 bits per heavy atom. The Kier molecular flexibility index (Phi) is 4.61. The highest BCUT2D eigenvalue weighted by atomic mass is 19.1. The van der Waals surface area contributed by atoms with Gasteiger partial charge in [-0.3, -0.25) is 29.0 Å². The van der Waals surface area contributed by atoms with E-state index in [0.717, 1.165) is 0 Å². The molecule has 9 heteroatoms. The first-order valence-electron chi connectivity index (χ1n) is 10.8. The predicted molar refractivity (Wildman–Crippen MR) is 120 cm³/mol. The van der Waals surface area contributed by atoms with E-state index in [4.69, 9.17) is 0 Å². The third-order valence-corrected chi connectivity index (χ3v) is 5.98. The van der Waals surface area contributed by atoms with Gasteiger partial charge in [0, 0.05) is 24.7 Å². The van der Waals surface area contributed by atoms with E-state index in [1.165, 1.54) is 17.0 Å². The largest absolute Gasteiger partial charge is 0.281 e. The summed E-state index contributed by atoms with van der Waals surface area (Å²) < 4.78 is 16.1. The molecule has 0 bridgehead atoms. The molecule has 0 fully saturated rings. The molecular weight excluding hydrogens is 435 g/mol. The van der Waals surface area contributed by atoms with Crippen molar-refractivity contribution in [1.29, 1.82) is 0 Å². The molecule has 0 saturated carbocycles. The van der Waals surface area contributed by atoms with Crippen LogP contribution in [0.5, 0.6) is 0 Å². The molecular formula is C25H17FN6O2. The number of aromatic nitrogens is 4. The maximum atomic E-state index is 14.3. The van der Waals surface area contributed by atoms with Crippen LogP contribution in [0.15, 0.2) is 71.9 Å². The van der Waals surface area contributed by atoms with Crippen LogP contribution in [0.25, 0.3) is 5.69 Å². The molecule has 34 heavy (non-hydrogen) atoms. The Balaban J connectivity index is 1.36. The molecule has 2 amide bonds. The number of amides is 2. The quantitative estimate of drug-likeness (QED) is 0.444. The molecule has 4 aromatic rings. The molecule has 166 valence electrons. The fourth-order valence-electron chi connectivity index (χ4n) is 4.40. The van der Waals surface area contributed by atoms with E-state index >= 15 is 0 Å². The van der Waals surface area contributed by atoms with Crippen molar-refractivity contribution in [3.8, 4) is 5.69 Å². The molecule has 0 radical (unpaired) electrons. The minimum Gasteiger partial charge on any atom is -0.281 e. The van der Waals surface area contributed by atoms with E-state index in [1.54, 1.807) is 42.6 Å². The number of halogens is 1. The van der Waals surface area contributed by atoms with Crippen LogP contribution < -0.4 is 0 Å². The summed E-state index contributed by atoms with van der Waals surface area (Å²) in [7, 11) is 0. The Bertz CT molecular complexity index is 1460. The molecule has 0 unspecified atom stereocenters. The van der Waals surface area contributed by atoms with E-state index in [2.05, 4.69) is 20.2 Å². The highest BCUT2D eigenvalue weighted by Crippen LogP contribution is 2.27. The number of carbonyl (C=O) groups is 2. The van der Waals surface area contributed by atoms with Gasteiger partial charge in [0.15, 0.2) is 5.82 Å². The summed E-state index contributed by atoms with van der Waals surface area (Å²) in [6.45, 7) is 0.372. The van der Waals surface area contributed by atoms with Crippen LogP contribution in [0.1, 0.15) is 43.6 Å². The topological polar surface area (TPSA) is 93.3 Å². The van der Waals surface area contributed by atoms with Gasteiger partial charge in [-0.15, -0.1) is 10.2 Å². The lowest BCUT2D eigenvalue weighted by Gasteiger charge is -2.16. The Labute approximate surface area is 193 Å². The molecule has 8 nitrogen and oxygen atoms in total. The first-order valence-corrected chi connectivity index (χ1v) is 10.8. The molecule has 0 saturated heterocycles. The summed E-state index contributed by atoms with van der Waals surface area (Å²) in [4.78, 5) is 35.8. The number of imide groups is 1. The van der Waals surface area contributed by atoms with Crippen molar-refractivity contribution < 1.29 is 14.0 Å². The Morgan fingerprint density at radius 3 is 2.38 bits per heavy atom. The molecule has 2 aliphatic rings. The summed E-state index contributed by atoms with van der Waals surface area (Å²) in [5, 5.41) is 8.60. The van der Waals surface area contributed by atoms with Crippen molar-refractivity contribution in [2.75, 3.05) is 6.54 Å². The number of benzene rings is 2. The lowest BCUT2D eigenvalue weighted by Crippen LogP contribution is -2.32. The molecule has 6 rings (SSSR count). The monoisotopic (exact) mass is 452 g/mol. The summed E-state index contributed by atoms with van der Waals surface area (Å²) in [5.41, 5.74) is 3.23. The Hall–Kier alpha value is -4.53. The molecule has 4 heterocycles. The van der Waals surface area contributed by atoms with E-state index in [9.17, 15) is 14.0 Å². The van der Waals surface area contributed by atoms with Crippen molar-refractivity contribution in [3.05, 3.63) is 107 Å². The van der Waals surface area contributed by atoms with Crippen molar-refractivity contribution in [3.63, 3.8) is 0 Å². The van der Waals surface area contributed by atoms with Crippen LogP contribution in [-0.4, -0.2) is 48.7 Å². The third-order valence-electron chi connectivity index (χ3n) is 5.98. The number of rotatable bonds is 4. The number of hydrogen-bond donors (Lipinski definition) is 0. The number of hydrogen-bond acceptors (Lipinski definition) is 6. The van der Waals surface area contributed by atoms with Gasteiger partial charge < -0.3 is 0 Å². The predicted octanol–water partition coefficient (Wildman–Crippen LogP) is 2.99. The number of nitrogens with zero attached hydrogens (tertiary/aromatic N) is 6. The number of pyridine rings is 1. The van der Waals surface area contributed by atoms with Crippen LogP contribution >= 0.6 is 0 Å². The second kappa shape index (κ2) is 7.80. The summed E-state index contributed by atoms with van der Waals surface area (Å²) >= 11 is 0. The van der Waals surface area contributed by atoms with Crippen molar-refractivity contribution in [2.24, 2.45) is 4.99 Å².